The number of imide groups is 1. The van der Waals surface area contributed by atoms with E-state index >= 15 is 0 Å². The summed E-state index contributed by atoms with van der Waals surface area (Å²) in [6, 6.07) is 0. The van der Waals surface area contributed by atoms with Crippen molar-refractivity contribution < 1.29 is 41.2 Å². The maximum absolute atomic E-state index is 13.6. The van der Waals surface area contributed by atoms with Gasteiger partial charge in [0.25, 0.3) is 11.8 Å². The number of hydrogen-bond donors (Lipinski definition) is 0. The number of nitrogens with zero attached hydrogens (tertiary/aromatic N) is 1. The molecule has 1 aromatic carbocycles. The molecular formula is C15H8F5NO4. The van der Waals surface area contributed by atoms with Gasteiger partial charge in [0.2, 0.25) is 5.82 Å². The second kappa shape index (κ2) is 5.94. The number of rotatable bonds is 2. The van der Waals surface area contributed by atoms with E-state index in [0.29, 0.717) is 12.8 Å². The fourth-order valence-corrected chi connectivity index (χ4v) is 2.71. The molecule has 1 aliphatic heterocycles. The first-order valence-electron chi connectivity index (χ1n) is 7.10. The minimum absolute atomic E-state index is 0.0175. The number of amides is 2. The molecule has 0 saturated carbocycles. The van der Waals surface area contributed by atoms with Crippen molar-refractivity contribution >= 4 is 17.8 Å². The first-order valence-corrected chi connectivity index (χ1v) is 7.10. The zero-order chi connectivity index (χ0) is 18.5. The molecule has 2 aliphatic rings. The van der Waals surface area contributed by atoms with Crippen LogP contribution >= 0.6 is 0 Å². The summed E-state index contributed by atoms with van der Waals surface area (Å²) in [6.07, 6.45) is 1.77. The molecule has 0 aromatic heterocycles. The second-order valence-corrected chi connectivity index (χ2v) is 5.39. The Morgan fingerprint density at radius 1 is 0.760 bits per heavy atom. The number of hydrogen-bond acceptors (Lipinski definition) is 4. The third kappa shape index (κ3) is 2.48. The third-order valence-corrected chi connectivity index (χ3v) is 3.94. The van der Waals surface area contributed by atoms with Crippen LogP contribution in [0.2, 0.25) is 0 Å². The Balaban J connectivity index is 1.92. The lowest BCUT2D eigenvalue weighted by atomic mass is 9.93. The zero-order valence-corrected chi connectivity index (χ0v) is 12.3. The SMILES string of the molecule is O=C(ON1C(=O)C2=C(CCCC2)C1=O)c1c(F)c(F)c(F)c(F)c1F. The van der Waals surface area contributed by atoms with Gasteiger partial charge in [-0.2, -0.15) is 0 Å². The lowest BCUT2D eigenvalue weighted by molar-refractivity contribution is -0.172. The third-order valence-electron chi connectivity index (χ3n) is 3.94. The summed E-state index contributed by atoms with van der Waals surface area (Å²) in [4.78, 5) is 40.3. The summed E-state index contributed by atoms with van der Waals surface area (Å²) >= 11 is 0. The van der Waals surface area contributed by atoms with E-state index in [0.717, 1.165) is 0 Å². The van der Waals surface area contributed by atoms with Crippen molar-refractivity contribution in [3.8, 4) is 0 Å². The largest absolute Gasteiger partial charge is 0.370 e. The highest BCUT2D eigenvalue weighted by Gasteiger charge is 2.43. The highest BCUT2D eigenvalue weighted by molar-refractivity contribution is 6.19. The standard InChI is InChI=1S/C15H8F5NO4/c16-8-7(9(17)11(19)12(20)10(8)18)15(24)25-21-13(22)5-3-1-2-4-6(5)14(21)23/h1-4H2. The van der Waals surface area contributed by atoms with Crippen molar-refractivity contribution in [1.82, 2.24) is 5.06 Å². The average molecular weight is 361 g/mol. The highest BCUT2D eigenvalue weighted by Crippen LogP contribution is 2.33. The molecule has 1 heterocycles. The van der Waals surface area contributed by atoms with E-state index in [9.17, 15) is 36.3 Å². The van der Waals surface area contributed by atoms with Crippen LogP contribution in [-0.4, -0.2) is 22.8 Å². The van der Waals surface area contributed by atoms with E-state index in [-0.39, 0.29) is 29.1 Å². The number of carbonyl (C=O) groups excluding carboxylic acids is 3. The van der Waals surface area contributed by atoms with Crippen LogP contribution in [0.1, 0.15) is 36.0 Å². The quantitative estimate of drug-likeness (QED) is 0.352. The van der Waals surface area contributed by atoms with Gasteiger partial charge in [0.15, 0.2) is 23.3 Å². The molecule has 0 atom stereocenters. The molecule has 132 valence electrons. The van der Waals surface area contributed by atoms with Crippen LogP contribution in [0.15, 0.2) is 11.1 Å². The number of hydroxylamine groups is 2. The molecule has 1 aliphatic carbocycles. The summed E-state index contributed by atoms with van der Waals surface area (Å²) in [5, 5.41) is -0.0175. The van der Waals surface area contributed by atoms with Gasteiger partial charge in [0.05, 0.1) is 0 Å². The lowest BCUT2D eigenvalue weighted by Crippen LogP contribution is -2.35. The van der Waals surface area contributed by atoms with Crippen LogP contribution in [0, 0.1) is 29.1 Å². The normalized spacial score (nSPS) is 17.2. The maximum Gasteiger partial charge on any atom is 0.370 e. The van der Waals surface area contributed by atoms with Gasteiger partial charge in [-0.15, -0.1) is 0 Å². The van der Waals surface area contributed by atoms with Crippen LogP contribution in [0.5, 0.6) is 0 Å². The fraction of sp³-hybridized carbons (Fsp3) is 0.267. The number of carbonyl (C=O) groups is 3. The molecule has 2 amide bonds. The molecule has 0 saturated heterocycles. The zero-order valence-electron chi connectivity index (χ0n) is 12.3. The van der Waals surface area contributed by atoms with Crippen molar-refractivity contribution in [3.63, 3.8) is 0 Å². The van der Waals surface area contributed by atoms with E-state index in [2.05, 4.69) is 4.84 Å². The van der Waals surface area contributed by atoms with E-state index in [1.807, 2.05) is 0 Å². The Labute approximate surface area is 136 Å². The first-order chi connectivity index (χ1) is 11.8. The van der Waals surface area contributed by atoms with Crippen molar-refractivity contribution in [2.24, 2.45) is 0 Å². The van der Waals surface area contributed by atoms with Crippen molar-refractivity contribution in [2.45, 2.75) is 25.7 Å². The minimum Gasteiger partial charge on any atom is -0.324 e. The Kier molecular flexibility index (Phi) is 4.05. The van der Waals surface area contributed by atoms with Crippen molar-refractivity contribution in [1.29, 1.82) is 0 Å². The summed E-state index contributed by atoms with van der Waals surface area (Å²) in [5.41, 5.74) is -1.66. The van der Waals surface area contributed by atoms with Gasteiger partial charge >= 0.3 is 5.97 Å². The van der Waals surface area contributed by atoms with E-state index < -0.39 is 52.4 Å². The molecule has 25 heavy (non-hydrogen) atoms. The van der Waals surface area contributed by atoms with Gasteiger partial charge in [-0.1, -0.05) is 5.06 Å². The van der Waals surface area contributed by atoms with E-state index in [4.69, 9.17) is 0 Å². The van der Waals surface area contributed by atoms with E-state index in [1.54, 1.807) is 0 Å². The van der Waals surface area contributed by atoms with Gasteiger partial charge in [-0.05, 0) is 25.7 Å². The highest BCUT2D eigenvalue weighted by atomic mass is 19.2. The minimum atomic E-state index is -2.45. The molecule has 5 nitrogen and oxygen atoms in total. The summed E-state index contributed by atoms with van der Waals surface area (Å²) in [6.45, 7) is 0. The number of benzene rings is 1. The van der Waals surface area contributed by atoms with Gasteiger partial charge in [0, 0.05) is 11.1 Å². The molecule has 1 aromatic rings. The molecule has 0 radical (unpaired) electrons. The Bertz CT molecular complexity index is 807. The average Bonchev–Trinajstić information content (AvgIpc) is 2.84. The van der Waals surface area contributed by atoms with Crippen LogP contribution in [0.3, 0.4) is 0 Å². The molecule has 0 fully saturated rings. The van der Waals surface area contributed by atoms with Crippen LogP contribution in [-0.2, 0) is 14.4 Å². The smallest absolute Gasteiger partial charge is 0.324 e. The van der Waals surface area contributed by atoms with Crippen LogP contribution in [0.25, 0.3) is 0 Å². The Morgan fingerprint density at radius 2 is 1.16 bits per heavy atom. The monoisotopic (exact) mass is 361 g/mol. The van der Waals surface area contributed by atoms with Crippen molar-refractivity contribution in [2.75, 3.05) is 0 Å². The van der Waals surface area contributed by atoms with Gasteiger partial charge in [0.1, 0.15) is 5.56 Å². The molecule has 0 bridgehead atoms. The molecule has 3 rings (SSSR count). The summed E-state index contributed by atoms with van der Waals surface area (Å²) in [7, 11) is 0. The van der Waals surface area contributed by atoms with Crippen molar-refractivity contribution in [3.05, 3.63) is 45.8 Å². The van der Waals surface area contributed by atoms with Crippen LogP contribution in [0.4, 0.5) is 22.0 Å². The first kappa shape index (κ1) is 17.1. The molecule has 0 spiro atoms. The van der Waals surface area contributed by atoms with Crippen LogP contribution < -0.4 is 0 Å². The number of halogens is 5. The predicted octanol–water partition coefficient (Wildman–Crippen LogP) is 2.69. The summed E-state index contributed by atoms with van der Waals surface area (Å²) in [5.74, 6) is -16.0. The molecule has 0 unspecified atom stereocenters. The Hall–Kier alpha value is -2.78. The fourth-order valence-electron chi connectivity index (χ4n) is 2.71. The van der Waals surface area contributed by atoms with E-state index in [1.165, 1.54) is 0 Å². The molecule has 10 heteroatoms. The predicted molar refractivity (Wildman–Crippen MR) is 69.0 cm³/mol. The maximum atomic E-state index is 13.6. The Morgan fingerprint density at radius 3 is 1.60 bits per heavy atom. The molecule has 0 N–H and O–H groups in total. The van der Waals surface area contributed by atoms with Gasteiger partial charge in [-0.25, -0.2) is 26.7 Å². The van der Waals surface area contributed by atoms with Gasteiger partial charge in [-0.3, -0.25) is 9.59 Å². The second-order valence-electron chi connectivity index (χ2n) is 5.39. The van der Waals surface area contributed by atoms with Gasteiger partial charge < -0.3 is 4.84 Å². The molecular weight excluding hydrogens is 353 g/mol. The summed E-state index contributed by atoms with van der Waals surface area (Å²) < 4.78 is 66.5. The topological polar surface area (TPSA) is 63.7 Å². The lowest BCUT2D eigenvalue weighted by Gasteiger charge is -2.14.